The molecule has 130 valence electrons. The van der Waals surface area contributed by atoms with Crippen LogP contribution in [-0.4, -0.2) is 38.0 Å². The molecule has 1 aromatic rings. The number of aliphatic imine (C=N–C) groups is 1. The zero-order valence-corrected chi connectivity index (χ0v) is 17.3. The Kier molecular flexibility index (Phi) is 9.78. The van der Waals surface area contributed by atoms with Gasteiger partial charge in [-0.1, -0.05) is 19.1 Å². The Morgan fingerprint density at radius 1 is 1.39 bits per heavy atom. The van der Waals surface area contributed by atoms with Crippen molar-refractivity contribution in [3.05, 3.63) is 24.3 Å². The Hall–Kier alpha value is -0.630. The molecule has 0 aromatic heterocycles. The minimum Gasteiger partial charge on any atom is -0.496 e. The van der Waals surface area contributed by atoms with E-state index in [0.717, 1.165) is 30.6 Å². The second-order valence-electron chi connectivity index (χ2n) is 5.71. The van der Waals surface area contributed by atoms with Gasteiger partial charge < -0.3 is 15.4 Å². The first-order valence-corrected chi connectivity index (χ1v) is 9.02. The third kappa shape index (κ3) is 7.65. The molecular weight excluding hydrogens is 421 g/mol. The maximum atomic E-state index is 5.39. The van der Waals surface area contributed by atoms with Gasteiger partial charge in [-0.3, -0.25) is 4.99 Å². The van der Waals surface area contributed by atoms with Gasteiger partial charge in [0.1, 0.15) is 5.75 Å². The van der Waals surface area contributed by atoms with E-state index in [1.54, 1.807) is 7.11 Å². The molecule has 0 radical (unpaired) electrons. The molecule has 1 atom stereocenters. The molecule has 2 rings (SSSR count). The van der Waals surface area contributed by atoms with E-state index in [1.165, 1.54) is 17.7 Å². The van der Waals surface area contributed by atoms with Crippen molar-refractivity contribution in [1.82, 2.24) is 10.6 Å². The molecule has 0 heterocycles. The molecule has 1 aliphatic carbocycles. The lowest BCUT2D eigenvalue weighted by Gasteiger charge is -2.13. The van der Waals surface area contributed by atoms with Crippen molar-refractivity contribution in [1.29, 1.82) is 0 Å². The topological polar surface area (TPSA) is 45.7 Å². The van der Waals surface area contributed by atoms with E-state index in [0.29, 0.717) is 12.0 Å². The Balaban J connectivity index is 0.00000264. The number of methoxy groups -OCH3 is 1. The number of hydrogen-bond acceptors (Lipinski definition) is 3. The van der Waals surface area contributed by atoms with Crippen LogP contribution in [0.4, 0.5) is 0 Å². The molecule has 1 saturated carbocycles. The monoisotopic (exact) mass is 449 g/mol. The number of benzene rings is 1. The summed E-state index contributed by atoms with van der Waals surface area (Å²) >= 11 is 1.84. The van der Waals surface area contributed by atoms with Crippen LogP contribution in [0.1, 0.15) is 26.7 Å². The standard InChI is InChI=1S/C17H27N3OS.HI/c1-4-18-17(20-14-9-10-14)19-11-13(2)12-22-16-8-6-5-7-15(16)21-3;/h5-8,13-14H,4,9-12H2,1-3H3,(H2,18,19,20);1H. The lowest BCUT2D eigenvalue weighted by molar-refractivity contribution is 0.405. The fourth-order valence-electron chi connectivity index (χ4n) is 2.01. The number of nitrogens with zero attached hydrogens (tertiary/aromatic N) is 1. The summed E-state index contributed by atoms with van der Waals surface area (Å²) in [6, 6.07) is 8.81. The number of para-hydroxylation sites is 1. The summed E-state index contributed by atoms with van der Waals surface area (Å²) in [5, 5.41) is 6.76. The van der Waals surface area contributed by atoms with Gasteiger partial charge in [-0.05, 0) is 37.8 Å². The summed E-state index contributed by atoms with van der Waals surface area (Å²) in [7, 11) is 1.72. The predicted molar refractivity (Wildman–Crippen MR) is 110 cm³/mol. The molecule has 1 fully saturated rings. The fraction of sp³-hybridized carbons (Fsp3) is 0.588. The lowest BCUT2D eigenvalue weighted by Crippen LogP contribution is -2.38. The Labute approximate surface area is 161 Å². The van der Waals surface area contributed by atoms with Crippen LogP contribution >= 0.6 is 35.7 Å². The van der Waals surface area contributed by atoms with Gasteiger partial charge in [-0.2, -0.15) is 0 Å². The van der Waals surface area contributed by atoms with Gasteiger partial charge in [-0.25, -0.2) is 0 Å². The highest BCUT2D eigenvalue weighted by molar-refractivity contribution is 14.0. The fourth-order valence-corrected chi connectivity index (χ4v) is 3.05. The molecule has 1 unspecified atom stereocenters. The van der Waals surface area contributed by atoms with E-state index in [1.807, 2.05) is 23.9 Å². The smallest absolute Gasteiger partial charge is 0.191 e. The molecule has 23 heavy (non-hydrogen) atoms. The van der Waals surface area contributed by atoms with Gasteiger partial charge in [-0.15, -0.1) is 35.7 Å². The van der Waals surface area contributed by atoms with Gasteiger partial charge in [0.2, 0.25) is 0 Å². The first-order chi connectivity index (χ1) is 10.7. The summed E-state index contributed by atoms with van der Waals surface area (Å²) in [4.78, 5) is 5.90. The highest BCUT2D eigenvalue weighted by atomic mass is 127. The molecule has 0 spiro atoms. The van der Waals surface area contributed by atoms with Crippen LogP contribution in [0, 0.1) is 5.92 Å². The van der Waals surface area contributed by atoms with Crippen LogP contribution < -0.4 is 15.4 Å². The summed E-state index contributed by atoms with van der Waals surface area (Å²) in [5.74, 6) is 3.46. The Morgan fingerprint density at radius 3 is 2.78 bits per heavy atom. The number of hydrogen-bond donors (Lipinski definition) is 2. The van der Waals surface area contributed by atoms with Crippen molar-refractivity contribution in [3.8, 4) is 5.75 Å². The zero-order chi connectivity index (χ0) is 15.8. The van der Waals surface area contributed by atoms with E-state index in [-0.39, 0.29) is 24.0 Å². The quantitative estimate of drug-likeness (QED) is 0.275. The number of ether oxygens (including phenoxy) is 1. The van der Waals surface area contributed by atoms with E-state index in [2.05, 4.69) is 36.6 Å². The van der Waals surface area contributed by atoms with E-state index < -0.39 is 0 Å². The molecule has 0 amide bonds. The molecule has 2 N–H and O–H groups in total. The van der Waals surface area contributed by atoms with Crippen molar-refractivity contribution in [3.63, 3.8) is 0 Å². The van der Waals surface area contributed by atoms with Crippen LogP contribution in [0.2, 0.25) is 0 Å². The second kappa shape index (κ2) is 11.0. The van der Waals surface area contributed by atoms with Crippen molar-refractivity contribution >= 4 is 41.7 Å². The molecule has 0 bridgehead atoms. The third-order valence-electron chi connectivity index (χ3n) is 3.42. The van der Waals surface area contributed by atoms with Crippen LogP contribution in [0.25, 0.3) is 0 Å². The van der Waals surface area contributed by atoms with E-state index >= 15 is 0 Å². The molecule has 6 heteroatoms. The van der Waals surface area contributed by atoms with Crippen LogP contribution in [0.5, 0.6) is 5.75 Å². The SMILES string of the molecule is CCNC(=NCC(C)CSc1ccccc1OC)NC1CC1.I. The third-order valence-corrected chi connectivity index (χ3v) is 4.80. The first-order valence-electron chi connectivity index (χ1n) is 8.03. The highest BCUT2D eigenvalue weighted by Gasteiger charge is 2.22. The second-order valence-corrected chi connectivity index (χ2v) is 6.77. The van der Waals surface area contributed by atoms with Crippen molar-refractivity contribution in [2.75, 3.05) is 26.0 Å². The Morgan fingerprint density at radius 2 is 2.13 bits per heavy atom. The molecule has 4 nitrogen and oxygen atoms in total. The van der Waals surface area contributed by atoms with Gasteiger partial charge in [0.05, 0.1) is 7.11 Å². The molecule has 1 aromatic carbocycles. The number of thioether (sulfide) groups is 1. The maximum Gasteiger partial charge on any atom is 0.191 e. The maximum absolute atomic E-state index is 5.39. The van der Waals surface area contributed by atoms with Crippen LogP contribution in [-0.2, 0) is 0 Å². The molecule has 1 aliphatic rings. The van der Waals surface area contributed by atoms with Gasteiger partial charge >= 0.3 is 0 Å². The minimum absolute atomic E-state index is 0. The Bertz CT molecular complexity index is 494. The molecule has 0 saturated heterocycles. The number of nitrogens with one attached hydrogen (secondary N) is 2. The number of guanidine groups is 1. The highest BCUT2D eigenvalue weighted by Crippen LogP contribution is 2.30. The van der Waals surface area contributed by atoms with Crippen molar-refractivity contribution in [2.24, 2.45) is 10.9 Å². The normalized spacial score (nSPS) is 15.5. The summed E-state index contributed by atoms with van der Waals surface area (Å²) in [5.41, 5.74) is 0. The average Bonchev–Trinajstić information content (AvgIpc) is 3.35. The largest absolute Gasteiger partial charge is 0.496 e. The summed E-state index contributed by atoms with van der Waals surface area (Å²) in [6.45, 7) is 6.09. The molecular formula is C17H28IN3OS. The predicted octanol–water partition coefficient (Wildman–Crippen LogP) is 3.76. The average molecular weight is 449 g/mol. The molecule has 0 aliphatic heterocycles. The summed E-state index contributed by atoms with van der Waals surface area (Å²) in [6.07, 6.45) is 2.53. The van der Waals surface area contributed by atoms with Crippen molar-refractivity contribution < 1.29 is 4.74 Å². The van der Waals surface area contributed by atoms with Gasteiger partial charge in [0, 0.05) is 29.8 Å². The van der Waals surface area contributed by atoms with Crippen LogP contribution in [0.3, 0.4) is 0 Å². The van der Waals surface area contributed by atoms with Gasteiger partial charge in [0.25, 0.3) is 0 Å². The van der Waals surface area contributed by atoms with Crippen molar-refractivity contribution in [2.45, 2.75) is 37.6 Å². The van der Waals surface area contributed by atoms with Crippen LogP contribution in [0.15, 0.2) is 34.2 Å². The number of rotatable bonds is 8. The zero-order valence-electron chi connectivity index (χ0n) is 14.2. The van der Waals surface area contributed by atoms with Gasteiger partial charge in [0.15, 0.2) is 5.96 Å². The summed E-state index contributed by atoms with van der Waals surface area (Å²) < 4.78 is 5.39. The minimum atomic E-state index is 0. The first kappa shape index (κ1) is 20.4. The van der Waals surface area contributed by atoms with E-state index in [9.17, 15) is 0 Å². The number of halogens is 1. The lowest BCUT2D eigenvalue weighted by atomic mass is 10.2. The van der Waals surface area contributed by atoms with E-state index in [4.69, 9.17) is 9.73 Å².